The van der Waals surface area contributed by atoms with Crippen molar-refractivity contribution in [1.82, 2.24) is 9.58 Å². The number of pyridine rings is 1. The molecule has 3 aliphatic rings. The van der Waals surface area contributed by atoms with Crippen LogP contribution in [0.2, 0.25) is 0 Å². The van der Waals surface area contributed by atoms with Crippen LogP contribution in [0.4, 0.5) is 8.78 Å². The van der Waals surface area contributed by atoms with Crippen LogP contribution >= 0.6 is 11.8 Å². The lowest BCUT2D eigenvalue weighted by Gasteiger charge is -2.51. The van der Waals surface area contributed by atoms with Gasteiger partial charge in [-0.05, 0) is 29.2 Å². The van der Waals surface area contributed by atoms with Crippen LogP contribution in [0.3, 0.4) is 0 Å². The normalized spacial score (nSPS) is 20.4. The molecule has 7 nitrogen and oxygen atoms in total. The lowest BCUT2D eigenvalue weighted by atomic mass is 9.93. The molecule has 0 aliphatic carbocycles. The number of benzene rings is 2. The number of amides is 1. The summed E-state index contributed by atoms with van der Waals surface area (Å²) in [6, 6.07) is 11.3. The Morgan fingerprint density at radius 2 is 1.92 bits per heavy atom. The first-order valence-corrected chi connectivity index (χ1v) is 13.6. The van der Waals surface area contributed by atoms with Crippen LogP contribution in [-0.4, -0.2) is 48.0 Å². The highest BCUT2D eigenvalue weighted by atomic mass is 32.2. The molecule has 1 aromatic heterocycles. The average Bonchev–Trinajstić information content (AvgIpc) is 3.08. The van der Waals surface area contributed by atoms with E-state index in [4.69, 9.17) is 9.47 Å². The quantitative estimate of drug-likeness (QED) is 0.493. The maximum absolute atomic E-state index is 15.2. The standard InChI is InChI=1S/C28H27F2N3O4S/c1-16(2)13-37-27-21(34)9-10-32-26(27)28(35)31-11-12-36-14-23(31)33(32)25-17-7-8-20(29)24(30)19(17)15-38-22-6-4-3-5-18(22)25/h3-10,16,23,25H,11-15H2,1-2H3/t23-,25+/m1/s1. The van der Waals surface area contributed by atoms with Gasteiger partial charge in [0.1, 0.15) is 6.17 Å². The van der Waals surface area contributed by atoms with Gasteiger partial charge in [-0.1, -0.05) is 38.1 Å². The van der Waals surface area contributed by atoms with Crippen molar-refractivity contribution >= 4 is 17.7 Å². The fraction of sp³-hybridized carbons (Fsp3) is 0.357. The number of hydrogen-bond acceptors (Lipinski definition) is 6. The van der Waals surface area contributed by atoms with E-state index in [2.05, 4.69) is 0 Å². The van der Waals surface area contributed by atoms with Crippen LogP contribution in [0.1, 0.15) is 47.1 Å². The second-order valence-electron chi connectivity index (χ2n) is 10.00. The van der Waals surface area contributed by atoms with Crippen molar-refractivity contribution in [3.05, 3.63) is 92.9 Å². The van der Waals surface area contributed by atoms with E-state index in [-0.39, 0.29) is 53.2 Å². The van der Waals surface area contributed by atoms with Crippen LogP contribution in [0.5, 0.6) is 5.75 Å². The number of nitrogens with zero attached hydrogens (tertiary/aromatic N) is 3. The molecule has 0 N–H and O–H groups in total. The number of halogens is 2. The Hall–Kier alpha value is -3.37. The highest BCUT2D eigenvalue weighted by molar-refractivity contribution is 7.98. The Balaban J connectivity index is 1.63. The molecule has 0 bridgehead atoms. The van der Waals surface area contributed by atoms with Gasteiger partial charge in [0.15, 0.2) is 23.1 Å². The molecule has 0 unspecified atom stereocenters. The summed E-state index contributed by atoms with van der Waals surface area (Å²) in [5, 5.41) is 1.94. The van der Waals surface area contributed by atoms with Crippen molar-refractivity contribution in [1.29, 1.82) is 0 Å². The molecule has 198 valence electrons. The summed E-state index contributed by atoms with van der Waals surface area (Å²) in [6.45, 7) is 5.07. The maximum Gasteiger partial charge on any atom is 0.278 e. The number of carbonyl (C=O) groups excluding carboxylic acids is 1. The summed E-state index contributed by atoms with van der Waals surface area (Å²) in [4.78, 5) is 29.4. The van der Waals surface area contributed by atoms with Gasteiger partial charge in [0.05, 0.1) is 25.9 Å². The zero-order valence-corrected chi connectivity index (χ0v) is 21.8. The van der Waals surface area contributed by atoms with E-state index in [1.807, 2.05) is 43.1 Å². The Morgan fingerprint density at radius 3 is 2.74 bits per heavy atom. The number of thioether (sulfide) groups is 1. The van der Waals surface area contributed by atoms with E-state index in [1.165, 1.54) is 17.8 Å². The van der Waals surface area contributed by atoms with Gasteiger partial charge in [0.25, 0.3) is 5.91 Å². The Labute approximate surface area is 222 Å². The molecule has 2 atom stereocenters. The summed E-state index contributed by atoms with van der Waals surface area (Å²) in [6.07, 6.45) is 1.01. The molecule has 0 spiro atoms. The maximum atomic E-state index is 15.2. The molecule has 2 aromatic carbocycles. The number of aromatic nitrogens is 1. The number of rotatable bonds is 4. The third kappa shape index (κ3) is 3.97. The number of ether oxygens (including phenoxy) is 2. The molecule has 0 radical (unpaired) electrons. The monoisotopic (exact) mass is 539 g/mol. The number of morpholine rings is 1. The van der Waals surface area contributed by atoms with Crippen LogP contribution in [-0.2, 0) is 10.5 Å². The molecular formula is C28H27F2N3O4S. The Kier molecular flexibility index (Phi) is 6.39. The molecule has 4 heterocycles. The van der Waals surface area contributed by atoms with Crippen molar-refractivity contribution in [3.8, 4) is 5.75 Å². The van der Waals surface area contributed by atoms with Crippen LogP contribution in [0, 0.1) is 17.6 Å². The zero-order valence-electron chi connectivity index (χ0n) is 21.0. The highest BCUT2D eigenvalue weighted by Gasteiger charge is 2.46. The van der Waals surface area contributed by atoms with Gasteiger partial charge in [-0.3, -0.25) is 19.3 Å². The lowest BCUT2D eigenvalue weighted by molar-refractivity contribution is -0.0199. The second kappa shape index (κ2) is 9.74. The number of carbonyl (C=O) groups is 1. The molecule has 3 aliphatic heterocycles. The van der Waals surface area contributed by atoms with Gasteiger partial charge in [-0.2, -0.15) is 0 Å². The summed E-state index contributed by atoms with van der Waals surface area (Å²) < 4.78 is 43.1. The Bertz CT molecular complexity index is 1480. The fourth-order valence-electron chi connectivity index (χ4n) is 5.36. The molecule has 10 heteroatoms. The van der Waals surface area contributed by atoms with E-state index < -0.39 is 23.8 Å². The van der Waals surface area contributed by atoms with Crippen molar-refractivity contribution in [2.75, 3.05) is 31.4 Å². The minimum absolute atomic E-state index is 0.0112. The fourth-order valence-corrected chi connectivity index (χ4v) is 6.47. The SMILES string of the molecule is CC(C)COc1c2n(ccc1=O)N([C@@H]1c3ccccc3SCc3c1ccc(F)c3F)[C@@H]1COCCN1C2=O. The van der Waals surface area contributed by atoms with E-state index in [0.717, 1.165) is 16.5 Å². The lowest BCUT2D eigenvalue weighted by Crippen LogP contribution is -2.66. The molecular weight excluding hydrogens is 512 g/mol. The van der Waals surface area contributed by atoms with Gasteiger partial charge in [-0.15, -0.1) is 11.8 Å². The largest absolute Gasteiger partial charge is 0.487 e. The first kappa shape index (κ1) is 24.9. The molecule has 38 heavy (non-hydrogen) atoms. The van der Waals surface area contributed by atoms with Crippen LogP contribution in [0.15, 0.2) is 58.4 Å². The first-order valence-electron chi connectivity index (χ1n) is 12.6. The zero-order chi connectivity index (χ0) is 26.6. The molecule has 3 aromatic rings. The summed E-state index contributed by atoms with van der Waals surface area (Å²) in [5.41, 5.74) is 1.49. The van der Waals surface area contributed by atoms with Crippen LogP contribution < -0.4 is 15.2 Å². The molecule has 0 saturated carbocycles. The van der Waals surface area contributed by atoms with Crippen molar-refractivity contribution in [3.63, 3.8) is 0 Å². The summed E-state index contributed by atoms with van der Waals surface area (Å²) >= 11 is 1.44. The average molecular weight is 540 g/mol. The highest BCUT2D eigenvalue weighted by Crippen LogP contribution is 2.45. The molecule has 1 fully saturated rings. The molecule has 6 rings (SSSR count). The van der Waals surface area contributed by atoms with Crippen molar-refractivity contribution in [2.24, 2.45) is 5.92 Å². The van der Waals surface area contributed by atoms with E-state index in [9.17, 15) is 14.0 Å². The minimum Gasteiger partial charge on any atom is -0.487 e. The predicted molar refractivity (Wildman–Crippen MR) is 139 cm³/mol. The Morgan fingerprint density at radius 1 is 1.11 bits per heavy atom. The third-order valence-corrected chi connectivity index (χ3v) is 8.21. The van der Waals surface area contributed by atoms with Gasteiger partial charge in [0, 0.05) is 35.0 Å². The van der Waals surface area contributed by atoms with Gasteiger partial charge in [-0.25, -0.2) is 8.78 Å². The second-order valence-corrected chi connectivity index (χ2v) is 11.0. The minimum atomic E-state index is -0.904. The first-order chi connectivity index (χ1) is 18.4. The van der Waals surface area contributed by atoms with Crippen molar-refractivity contribution < 1.29 is 23.0 Å². The number of fused-ring (bicyclic) bond motifs is 4. The van der Waals surface area contributed by atoms with Gasteiger partial charge < -0.3 is 14.4 Å². The smallest absolute Gasteiger partial charge is 0.278 e. The number of hydrogen-bond donors (Lipinski definition) is 0. The molecule has 1 amide bonds. The van der Waals surface area contributed by atoms with Gasteiger partial charge in [0.2, 0.25) is 5.43 Å². The van der Waals surface area contributed by atoms with Crippen molar-refractivity contribution in [2.45, 2.75) is 36.7 Å². The summed E-state index contributed by atoms with van der Waals surface area (Å²) in [5.74, 6) is -1.73. The van der Waals surface area contributed by atoms with E-state index in [1.54, 1.807) is 21.8 Å². The van der Waals surface area contributed by atoms with E-state index >= 15 is 4.39 Å². The molecule has 1 saturated heterocycles. The van der Waals surface area contributed by atoms with Crippen LogP contribution in [0.25, 0.3) is 0 Å². The van der Waals surface area contributed by atoms with Gasteiger partial charge >= 0.3 is 0 Å². The summed E-state index contributed by atoms with van der Waals surface area (Å²) in [7, 11) is 0. The topological polar surface area (TPSA) is 64.0 Å². The van der Waals surface area contributed by atoms with E-state index in [0.29, 0.717) is 18.7 Å². The third-order valence-electron chi connectivity index (χ3n) is 7.09. The predicted octanol–water partition coefficient (Wildman–Crippen LogP) is 4.31.